The lowest BCUT2D eigenvalue weighted by molar-refractivity contribution is -0.138. The summed E-state index contributed by atoms with van der Waals surface area (Å²) in [6, 6.07) is 9.81. The lowest BCUT2D eigenvalue weighted by Gasteiger charge is -2.33. The number of rotatable bonds is 6. The summed E-state index contributed by atoms with van der Waals surface area (Å²) < 4.78 is 12.3. The number of thiophene rings is 1. The van der Waals surface area contributed by atoms with Gasteiger partial charge in [-0.1, -0.05) is 12.1 Å². The van der Waals surface area contributed by atoms with Crippen molar-refractivity contribution in [1.29, 1.82) is 0 Å². The molecule has 5 nitrogen and oxygen atoms in total. The first-order chi connectivity index (χ1) is 15.4. The molecule has 0 fully saturated rings. The van der Waals surface area contributed by atoms with Gasteiger partial charge in [0.2, 0.25) is 0 Å². The van der Waals surface area contributed by atoms with Crippen LogP contribution in [-0.4, -0.2) is 18.4 Å². The second-order valence-corrected chi connectivity index (χ2v) is 10.1. The molecule has 0 amide bonds. The fraction of sp³-hybridized carbons (Fsp3) is 0.360. The second kappa shape index (κ2) is 9.63. The summed E-state index contributed by atoms with van der Waals surface area (Å²) in [4.78, 5) is 28.0. The van der Waals surface area contributed by atoms with Gasteiger partial charge in [-0.25, -0.2) is 4.79 Å². The predicted octanol–water partition coefficient (Wildman–Crippen LogP) is 5.93. The molecule has 168 valence electrons. The number of hydrogen-bond acceptors (Lipinski definition) is 6. The molecule has 1 N–H and O–H groups in total. The van der Waals surface area contributed by atoms with Gasteiger partial charge in [-0.05, 0) is 67.7 Å². The Bertz CT molecular complexity index is 1130. The Morgan fingerprint density at radius 1 is 1.25 bits per heavy atom. The van der Waals surface area contributed by atoms with Gasteiger partial charge in [-0.3, -0.25) is 4.79 Å². The fourth-order valence-electron chi connectivity index (χ4n) is 4.30. The molecule has 32 heavy (non-hydrogen) atoms. The summed E-state index contributed by atoms with van der Waals surface area (Å²) in [6.07, 6.45) is 2.15. The molecule has 2 heterocycles. The number of aryl methyl sites for hydroxylation is 1. The highest BCUT2D eigenvalue weighted by atomic mass is 79.9. The number of esters is 1. The van der Waals surface area contributed by atoms with E-state index in [2.05, 4.69) is 27.3 Å². The lowest BCUT2D eigenvalue weighted by Crippen LogP contribution is -2.34. The molecule has 1 aromatic heterocycles. The van der Waals surface area contributed by atoms with E-state index in [9.17, 15) is 9.59 Å². The van der Waals surface area contributed by atoms with Crippen LogP contribution in [0.1, 0.15) is 54.3 Å². The van der Waals surface area contributed by atoms with E-state index in [1.54, 1.807) is 18.3 Å². The molecule has 4 rings (SSSR count). The number of carbonyl (C=O) groups is 2. The maximum absolute atomic E-state index is 13.0. The average molecular weight is 516 g/mol. The first-order valence-corrected chi connectivity index (χ1v) is 12.4. The van der Waals surface area contributed by atoms with E-state index in [1.165, 1.54) is 0 Å². The minimum absolute atomic E-state index is 0.107. The van der Waals surface area contributed by atoms with Crippen LogP contribution in [0.25, 0.3) is 0 Å². The van der Waals surface area contributed by atoms with Gasteiger partial charge >= 0.3 is 5.97 Å². The number of allylic oxidation sites excluding steroid dienone is 3. The number of ketones is 1. The van der Waals surface area contributed by atoms with E-state index >= 15 is 0 Å². The number of dihydropyridines is 1. The van der Waals surface area contributed by atoms with Gasteiger partial charge in [0.15, 0.2) is 5.78 Å². The molecule has 0 radical (unpaired) electrons. The first kappa shape index (κ1) is 22.8. The maximum atomic E-state index is 13.0. The summed E-state index contributed by atoms with van der Waals surface area (Å²) in [5.74, 6) is 0.107. The minimum Gasteiger partial charge on any atom is -0.488 e. The molecule has 1 aliphatic heterocycles. The fourth-order valence-corrected chi connectivity index (χ4v) is 5.85. The summed E-state index contributed by atoms with van der Waals surface area (Å²) in [7, 11) is 0. The number of ether oxygens (including phenoxy) is 2. The standard InChI is InChI=1S/C25H26BrNO4S/c1-4-30-25(29)22-14(2)27-18-9-7-10-19(28)23(18)24(22)21-12-16(15(3)32-21)13-31-20-11-6-5-8-17(20)26/h5-6,8,11-12,24,27H,4,7,9-10,13H2,1-3H3/t24-/m1/s1. The molecule has 1 aliphatic carbocycles. The molecule has 0 spiro atoms. The average Bonchev–Trinajstić information content (AvgIpc) is 3.12. The molecule has 0 saturated carbocycles. The molecule has 0 saturated heterocycles. The molecule has 1 aromatic carbocycles. The third kappa shape index (κ3) is 4.41. The Morgan fingerprint density at radius 2 is 2.03 bits per heavy atom. The maximum Gasteiger partial charge on any atom is 0.336 e. The number of hydrogen-bond donors (Lipinski definition) is 1. The summed E-state index contributed by atoms with van der Waals surface area (Å²) in [5.41, 5.74) is 3.99. The van der Waals surface area contributed by atoms with Crippen LogP contribution in [0.3, 0.4) is 0 Å². The van der Waals surface area contributed by atoms with Crippen molar-refractivity contribution in [2.24, 2.45) is 0 Å². The van der Waals surface area contributed by atoms with E-state index in [0.29, 0.717) is 24.2 Å². The number of carbonyl (C=O) groups excluding carboxylic acids is 2. The third-order valence-electron chi connectivity index (χ3n) is 5.82. The molecule has 1 atom stereocenters. The van der Waals surface area contributed by atoms with E-state index in [-0.39, 0.29) is 18.4 Å². The monoisotopic (exact) mass is 515 g/mol. The highest BCUT2D eigenvalue weighted by Gasteiger charge is 2.40. The highest BCUT2D eigenvalue weighted by molar-refractivity contribution is 9.10. The van der Waals surface area contributed by atoms with Gasteiger partial charge in [0.1, 0.15) is 12.4 Å². The smallest absolute Gasteiger partial charge is 0.336 e. The number of nitrogens with one attached hydrogen (secondary N) is 1. The number of benzene rings is 1. The molecule has 2 aliphatic rings. The zero-order valence-corrected chi connectivity index (χ0v) is 20.8. The topological polar surface area (TPSA) is 64.6 Å². The molecular weight excluding hydrogens is 490 g/mol. The van der Waals surface area contributed by atoms with Crippen molar-refractivity contribution in [3.05, 3.63) is 72.7 Å². The zero-order valence-electron chi connectivity index (χ0n) is 18.4. The van der Waals surface area contributed by atoms with Gasteiger partial charge < -0.3 is 14.8 Å². The van der Waals surface area contributed by atoms with Crippen LogP contribution in [-0.2, 0) is 20.9 Å². The van der Waals surface area contributed by atoms with Crippen LogP contribution in [0, 0.1) is 6.92 Å². The third-order valence-corrected chi connectivity index (χ3v) is 7.63. The second-order valence-electron chi connectivity index (χ2n) is 7.94. The van der Waals surface area contributed by atoms with Crippen molar-refractivity contribution in [1.82, 2.24) is 5.32 Å². The number of para-hydroxylation sites is 1. The minimum atomic E-state index is -0.404. The summed E-state index contributed by atoms with van der Waals surface area (Å²) >= 11 is 5.13. The van der Waals surface area contributed by atoms with Gasteiger partial charge in [0.05, 0.1) is 22.6 Å². The Morgan fingerprint density at radius 3 is 2.78 bits per heavy atom. The van der Waals surface area contributed by atoms with Gasteiger partial charge in [0, 0.05) is 38.7 Å². The van der Waals surface area contributed by atoms with Crippen molar-refractivity contribution in [3.63, 3.8) is 0 Å². The Hall–Kier alpha value is -2.38. The first-order valence-electron chi connectivity index (χ1n) is 10.8. The molecule has 0 bridgehead atoms. The molecule has 2 aromatic rings. The number of halogens is 1. The van der Waals surface area contributed by atoms with Crippen LogP contribution in [0.2, 0.25) is 0 Å². The van der Waals surface area contributed by atoms with Crippen molar-refractivity contribution in [3.8, 4) is 5.75 Å². The van der Waals surface area contributed by atoms with Crippen molar-refractivity contribution >= 4 is 39.0 Å². The molecule has 0 unspecified atom stereocenters. The summed E-state index contributed by atoms with van der Waals surface area (Å²) in [6.45, 7) is 6.43. The van der Waals surface area contributed by atoms with E-state index in [4.69, 9.17) is 9.47 Å². The number of Topliss-reactive ketones (excluding diaryl/α,β-unsaturated/α-hetero) is 1. The Kier molecular flexibility index (Phi) is 6.86. The Balaban J connectivity index is 1.71. The van der Waals surface area contributed by atoms with E-state index in [1.807, 2.05) is 38.1 Å². The van der Waals surface area contributed by atoms with Crippen LogP contribution >= 0.6 is 27.3 Å². The SMILES string of the molecule is CCOC(=O)C1=C(C)NC2=C(C(=O)CCC2)[C@@H]1c1cc(COc2ccccc2Br)c(C)s1. The predicted molar refractivity (Wildman–Crippen MR) is 129 cm³/mol. The van der Waals surface area contributed by atoms with Gasteiger partial charge in [-0.15, -0.1) is 11.3 Å². The summed E-state index contributed by atoms with van der Waals surface area (Å²) in [5, 5.41) is 3.32. The van der Waals surface area contributed by atoms with Crippen LogP contribution < -0.4 is 10.1 Å². The van der Waals surface area contributed by atoms with Crippen molar-refractivity contribution in [2.75, 3.05) is 6.61 Å². The molecular formula is C25H26BrNO4S. The Labute approximate surface area is 200 Å². The van der Waals surface area contributed by atoms with E-state index in [0.717, 1.165) is 49.8 Å². The quantitative estimate of drug-likeness (QED) is 0.483. The van der Waals surface area contributed by atoms with Crippen molar-refractivity contribution < 1.29 is 19.1 Å². The highest BCUT2D eigenvalue weighted by Crippen LogP contribution is 2.45. The lowest BCUT2D eigenvalue weighted by atomic mass is 9.78. The van der Waals surface area contributed by atoms with E-state index < -0.39 is 5.92 Å². The normalized spacial score (nSPS) is 18.4. The molecule has 7 heteroatoms. The van der Waals surface area contributed by atoms with Crippen LogP contribution in [0.15, 0.2) is 57.3 Å². The van der Waals surface area contributed by atoms with Gasteiger partial charge in [-0.2, -0.15) is 0 Å². The largest absolute Gasteiger partial charge is 0.488 e. The van der Waals surface area contributed by atoms with Gasteiger partial charge in [0.25, 0.3) is 0 Å². The van der Waals surface area contributed by atoms with Crippen molar-refractivity contribution in [2.45, 2.75) is 52.6 Å². The zero-order chi connectivity index (χ0) is 22.8. The van der Waals surface area contributed by atoms with Crippen LogP contribution in [0.5, 0.6) is 5.75 Å². The van der Waals surface area contributed by atoms with Crippen LogP contribution in [0.4, 0.5) is 0 Å².